The summed E-state index contributed by atoms with van der Waals surface area (Å²) in [6, 6.07) is 2.34. The number of nitrogens with one attached hydrogen (secondary N) is 1. The molecule has 1 aliphatic rings. The SMILES string of the molecule is Cc1nc2n(n1)CC(NCC(=O)N(C)Cc1ccsc1)CC2. The lowest BCUT2D eigenvalue weighted by Crippen LogP contribution is -2.43. The molecule has 0 bridgehead atoms. The Morgan fingerprint density at radius 1 is 1.59 bits per heavy atom. The molecule has 1 atom stereocenters. The van der Waals surface area contributed by atoms with Crippen molar-refractivity contribution in [2.45, 2.75) is 38.9 Å². The van der Waals surface area contributed by atoms with Crippen LogP contribution >= 0.6 is 11.3 Å². The van der Waals surface area contributed by atoms with Crippen LogP contribution in [0.15, 0.2) is 16.8 Å². The molecule has 6 nitrogen and oxygen atoms in total. The highest BCUT2D eigenvalue weighted by atomic mass is 32.1. The maximum Gasteiger partial charge on any atom is 0.236 e. The van der Waals surface area contributed by atoms with E-state index < -0.39 is 0 Å². The number of carbonyl (C=O) groups is 1. The van der Waals surface area contributed by atoms with Crippen LogP contribution in [0.1, 0.15) is 23.6 Å². The number of aromatic nitrogens is 3. The standard InChI is InChI=1S/C15H21N5OS/c1-11-17-14-4-3-13(9-20(14)18-11)16-7-15(21)19(2)8-12-5-6-22-10-12/h5-6,10,13,16H,3-4,7-9H2,1-2H3. The molecular weight excluding hydrogens is 298 g/mol. The molecular formula is C15H21N5OS. The molecule has 0 spiro atoms. The lowest BCUT2D eigenvalue weighted by molar-refractivity contribution is -0.129. The van der Waals surface area contributed by atoms with Gasteiger partial charge in [0.2, 0.25) is 5.91 Å². The Morgan fingerprint density at radius 2 is 2.45 bits per heavy atom. The number of aryl methyl sites for hydroxylation is 2. The predicted octanol–water partition coefficient (Wildman–Crippen LogP) is 1.21. The Hall–Kier alpha value is -1.73. The summed E-state index contributed by atoms with van der Waals surface area (Å²) in [7, 11) is 1.85. The molecule has 1 amide bonds. The van der Waals surface area contributed by atoms with Gasteiger partial charge in [0.05, 0.1) is 13.1 Å². The second-order valence-corrected chi connectivity index (χ2v) is 6.54. The highest BCUT2D eigenvalue weighted by Crippen LogP contribution is 2.13. The van der Waals surface area contributed by atoms with Crippen LogP contribution in [0.2, 0.25) is 0 Å². The zero-order valence-corrected chi connectivity index (χ0v) is 13.8. The molecule has 2 aromatic heterocycles. The van der Waals surface area contributed by atoms with Crippen molar-refractivity contribution in [1.82, 2.24) is 25.0 Å². The molecule has 1 N–H and O–H groups in total. The smallest absolute Gasteiger partial charge is 0.236 e. The molecule has 0 fully saturated rings. The van der Waals surface area contributed by atoms with E-state index in [0.717, 1.165) is 31.0 Å². The molecule has 0 radical (unpaired) electrons. The molecule has 0 saturated carbocycles. The second kappa shape index (κ2) is 6.58. The number of amides is 1. The first-order valence-electron chi connectivity index (χ1n) is 7.50. The number of rotatable bonds is 5. The van der Waals surface area contributed by atoms with Crippen LogP contribution in [0.4, 0.5) is 0 Å². The Balaban J connectivity index is 1.47. The van der Waals surface area contributed by atoms with Crippen LogP contribution < -0.4 is 5.32 Å². The highest BCUT2D eigenvalue weighted by Gasteiger charge is 2.21. The molecule has 7 heteroatoms. The molecule has 3 heterocycles. The van der Waals surface area contributed by atoms with Gasteiger partial charge in [-0.2, -0.15) is 16.4 Å². The quantitative estimate of drug-likeness (QED) is 0.900. The van der Waals surface area contributed by atoms with Crippen LogP contribution in [0.3, 0.4) is 0 Å². The molecule has 0 saturated heterocycles. The van der Waals surface area contributed by atoms with E-state index in [1.54, 1.807) is 16.2 Å². The van der Waals surface area contributed by atoms with Crippen molar-refractivity contribution < 1.29 is 4.79 Å². The lowest BCUT2D eigenvalue weighted by atomic mass is 10.1. The topological polar surface area (TPSA) is 63.1 Å². The number of nitrogens with zero attached hydrogens (tertiary/aromatic N) is 4. The zero-order valence-electron chi connectivity index (χ0n) is 13.0. The molecule has 1 aliphatic heterocycles. The van der Waals surface area contributed by atoms with Gasteiger partial charge in [0.15, 0.2) is 0 Å². The first-order chi connectivity index (χ1) is 10.6. The van der Waals surface area contributed by atoms with Crippen molar-refractivity contribution in [3.63, 3.8) is 0 Å². The average molecular weight is 319 g/mol. The minimum atomic E-state index is 0.117. The van der Waals surface area contributed by atoms with Crippen molar-refractivity contribution in [1.29, 1.82) is 0 Å². The van der Waals surface area contributed by atoms with Gasteiger partial charge in [-0.05, 0) is 35.7 Å². The van der Waals surface area contributed by atoms with Crippen molar-refractivity contribution in [3.05, 3.63) is 34.0 Å². The van der Waals surface area contributed by atoms with Crippen LogP contribution in [0.5, 0.6) is 0 Å². The molecule has 22 heavy (non-hydrogen) atoms. The summed E-state index contributed by atoms with van der Waals surface area (Å²) in [6.07, 6.45) is 1.91. The maximum atomic E-state index is 12.2. The third-order valence-corrected chi connectivity index (χ3v) is 4.66. The van der Waals surface area contributed by atoms with E-state index in [1.165, 1.54) is 5.56 Å². The number of carbonyl (C=O) groups excluding carboxylic acids is 1. The fraction of sp³-hybridized carbons (Fsp3) is 0.533. The zero-order chi connectivity index (χ0) is 15.5. The van der Waals surface area contributed by atoms with E-state index in [0.29, 0.717) is 13.1 Å². The summed E-state index contributed by atoms with van der Waals surface area (Å²) in [6.45, 7) is 3.74. The summed E-state index contributed by atoms with van der Waals surface area (Å²) in [4.78, 5) is 18.4. The summed E-state index contributed by atoms with van der Waals surface area (Å²) in [5, 5.41) is 11.8. The molecule has 118 valence electrons. The van der Waals surface area contributed by atoms with E-state index in [1.807, 2.05) is 24.0 Å². The Bertz CT molecular complexity index is 636. The van der Waals surface area contributed by atoms with Gasteiger partial charge in [-0.15, -0.1) is 0 Å². The van der Waals surface area contributed by atoms with Gasteiger partial charge in [0, 0.05) is 26.1 Å². The number of fused-ring (bicyclic) bond motifs is 1. The van der Waals surface area contributed by atoms with E-state index in [4.69, 9.17) is 0 Å². The fourth-order valence-corrected chi connectivity index (χ4v) is 3.37. The predicted molar refractivity (Wildman–Crippen MR) is 85.7 cm³/mol. The number of hydrogen-bond acceptors (Lipinski definition) is 5. The number of thiophene rings is 1. The first-order valence-corrected chi connectivity index (χ1v) is 8.45. The van der Waals surface area contributed by atoms with Crippen molar-refractivity contribution in [2.75, 3.05) is 13.6 Å². The van der Waals surface area contributed by atoms with Crippen molar-refractivity contribution in [3.8, 4) is 0 Å². The van der Waals surface area contributed by atoms with Gasteiger partial charge in [0.25, 0.3) is 0 Å². The van der Waals surface area contributed by atoms with Crippen LogP contribution in [-0.4, -0.2) is 45.2 Å². The van der Waals surface area contributed by atoms with Crippen LogP contribution in [0, 0.1) is 6.92 Å². The van der Waals surface area contributed by atoms with Gasteiger partial charge in [-0.1, -0.05) is 0 Å². The summed E-state index contributed by atoms with van der Waals surface area (Å²) in [5.74, 6) is 1.99. The van der Waals surface area contributed by atoms with Crippen LogP contribution in [-0.2, 0) is 24.3 Å². The van der Waals surface area contributed by atoms with Gasteiger partial charge < -0.3 is 10.2 Å². The highest BCUT2D eigenvalue weighted by molar-refractivity contribution is 7.07. The molecule has 2 aromatic rings. The number of likely N-dealkylation sites (N-methyl/N-ethyl adjacent to an activating group) is 1. The van der Waals surface area contributed by atoms with Crippen molar-refractivity contribution in [2.24, 2.45) is 0 Å². The average Bonchev–Trinajstić information content (AvgIpc) is 3.12. The Morgan fingerprint density at radius 3 is 3.23 bits per heavy atom. The van der Waals surface area contributed by atoms with Crippen molar-refractivity contribution >= 4 is 17.2 Å². The van der Waals surface area contributed by atoms with Gasteiger partial charge in [-0.25, -0.2) is 9.67 Å². The first kappa shape index (κ1) is 15.2. The summed E-state index contributed by atoms with van der Waals surface area (Å²) >= 11 is 1.66. The number of hydrogen-bond donors (Lipinski definition) is 1. The van der Waals surface area contributed by atoms with E-state index >= 15 is 0 Å². The van der Waals surface area contributed by atoms with Gasteiger partial charge >= 0.3 is 0 Å². The molecule has 0 aromatic carbocycles. The largest absolute Gasteiger partial charge is 0.340 e. The summed E-state index contributed by atoms with van der Waals surface area (Å²) < 4.78 is 1.95. The Labute approximate surface area is 134 Å². The van der Waals surface area contributed by atoms with Gasteiger partial charge in [-0.3, -0.25) is 4.79 Å². The molecule has 0 aliphatic carbocycles. The third kappa shape index (κ3) is 3.53. The second-order valence-electron chi connectivity index (χ2n) is 5.76. The summed E-state index contributed by atoms with van der Waals surface area (Å²) in [5.41, 5.74) is 1.18. The van der Waals surface area contributed by atoms with Gasteiger partial charge in [0.1, 0.15) is 11.6 Å². The van der Waals surface area contributed by atoms with E-state index in [9.17, 15) is 4.79 Å². The minimum absolute atomic E-state index is 0.117. The minimum Gasteiger partial charge on any atom is -0.340 e. The normalized spacial score (nSPS) is 17.3. The fourth-order valence-electron chi connectivity index (χ4n) is 2.71. The maximum absolute atomic E-state index is 12.2. The molecule has 3 rings (SSSR count). The van der Waals surface area contributed by atoms with Crippen LogP contribution in [0.25, 0.3) is 0 Å². The molecule has 1 unspecified atom stereocenters. The van der Waals surface area contributed by atoms with E-state index in [2.05, 4.69) is 26.8 Å². The van der Waals surface area contributed by atoms with E-state index in [-0.39, 0.29) is 11.9 Å². The Kier molecular flexibility index (Phi) is 4.54. The third-order valence-electron chi connectivity index (χ3n) is 3.93. The monoisotopic (exact) mass is 319 g/mol. The lowest BCUT2D eigenvalue weighted by Gasteiger charge is -2.24.